The highest BCUT2D eigenvalue weighted by molar-refractivity contribution is 7.07. The van der Waals surface area contributed by atoms with E-state index in [0.717, 1.165) is 26.1 Å². The van der Waals surface area contributed by atoms with Crippen molar-refractivity contribution in [2.24, 2.45) is 5.92 Å². The van der Waals surface area contributed by atoms with Crippen molar-refractivity contribution < 1.29 is 5.11 Å². The second kappa shape index (κ2) is 4.22. The summed E-state index contributed by atoms with van der Waals surface area (Å²) in [5.74, 6) is 0.513. The van der Waals surface area contributed by atoms with Gasteiger partial charge in [0.2, 0.25) is 0 Å². The minimum absolute atomic E-state index is 0.347. The van der Waals surface area contributed by atoms with Crippen molar-refractivity contribution in [2.45, 2.75) is 13.0 Å². The minimum Gasteiger partial charge on any atom is -0.396 e. The average Bonchev–Trinajstić information content (AvgIpc) is 2.76. The Morgan fingerprint density at radius 2 is 2.54 bits per heavy atom. The smallest absolute Gasteiger partial charge is 0.0471 e. The van der Waals surface area contributed by atoms with Crippen LogP contribution in [0.1, 0.15) is 12.0 Å². The zero-order chi connectivity index (χ0) is 9.10. The van der Waals surface area contributed by atoms with E-state index in [2.05, 4.69) is 21.7 Å². The Bertz CT molecular complexity index is 247. The van der Waals surface area contributed by atoms with E-state index in [1.54, 1.807) is 11.3 Å². The third-order valence-corrected chi connectivity index (χ3v) is 3.35. The maximum absolute atomic E-state index is 8.99. The Hall–Kier alpha value is -0.380. The van der Waals surface area contributed by atoms with E-state index < -0.39 is 0 Å². The van der Waals surface area contributed by atoms with Crippen LogP contribution < -0.4 is 0 Å². The van der Waals surface area contributed by atoms with E-state index >= 15 is 0 Å². The zero-order valence-electron chi connectivity index (χ0n) is 7.65. The maximum Gasteiger partial charge on any atom is 0.0471 e. The fourth-order valence-corrected chi connectivity index (χ4v) is 2.51. The summed E-state index contributed by atoms with van der Waals surface area (Å²) >= 11 is 1.75. The van der Waals surface area contributed by atoms with Gasteiger partial charge in [-0.2, -0.15) is 11.3 Å². The number of thiophene rings is 1. The van der Waals surface area contributed by atoms with E-state index in [4.69, 9.17) is 5.11 Å². The highest BCUT2D eigenvalue weighted by atomic mass is 32.1. The van der Waals surface area contributed by atoms with Crippen LogP contribution in [0, 0.1) is 5.92 Å². The number of aliphatic hydroxyl groups is 1. The molecule has 1 aromatic rings. The Labute approximate surface area is 82.8 Å². The molecular weight excluding hydrogens is 182 g/mol. The zero-order valence-corrected chi connectivity index (χ0v) is 8.46. The van der Waals surface area contributed by atoms with Crippen molar-refractivity contribution in [3.8, 4) is 0 Å². The quantitative estimate of drug-likeness (QED) is 0.795. The molecule has 0 aromatic carbocycles. The lowest BCUT2D eigenvalue weighted by atomic mass is 10.1. The molecule has 72 valence electrons. The summed E-state index contributed by atoms with van der Waals surface area (Å²) in [5, 5.41) is 13.3. The van der Waals surface area contributed by atoms with Crippen molar-refractivity contribution in [2.75, 3.05) is 19.7 Å². The van der Waals surface area contributed by atoms with Crippen molar-refractivity contribution in [1.82, 2.24) is 4.90 Å². The predicted octanol–water partition coefficient (Wildman–Crippen LogP) is 1.56. The normalized spacial score (nSPS) is 23.9. The summed E-state index contributed by atoms with van der Waals surface area (Å²) in [4.78, 5) is 2.42. The van der Waals surface area contributed by atoms with Crippen LogP contribution in [0.3, 0.4) is 0 Å². The lowest BCUT2D eigenvalue weighted by molar-refractivity contribution is 0.220. The van der Waals surface area contributed by atoms with E-state index in [1.165, 1.54) is 5.56 Å². The van der Waals surface area contributed by atoms with Gasteiger partial charge in [-0.3, -0.25) is 4.90 Å². The molecule has 0 unspecified atom stereocenters. The molecular formula is C10H15NOS. The summed E-state index contributed by atoms with van der Waals surface area (Å²) in [5.41, 5.74) is 1.41. The van der Waals surface area contributed by atoms with Crippen LogP contribution in [-0.2, 0) is 6.54 Å². The lowest BCUT2D eigenvalue weighted by Gasteiger charge is -2.13. The topological polar surface area (TPSA) is 23.5 Å². The number of nitrogens with zero attached hydrogens (tertiary/aromatic N) is 1. The van der Waals surface area contributed by atoms with Crippen LogP contribution in [0.4, 0.5) is 0 Å². The molecule has 1 atom stereocenters. The SMILES string of the molecule is OC[C@@H]1CCN(Cc2ccsc2)C1. The van der Waals surface area contributed by atoms with Crippen molar-refractivity contribution in [3.05, 3.63) is 22.4 Å². The number of hydrogen-bond donors (Lipinski definition) is 1. The molecule has 3 heteroatoms. The molecule has 2 heterocycles. The van der Waals surface area contributed by atoms with Crippen LogP contribution in [0.25, 0.3) is 0 Å². The van der Waals surface area contributed by atoms with Gasteiger partial charge in [-0.1, -0.05) is 0 Å². The summed E-state index contributed by atoms with van der Waals surface area (Å²) in [6, 6.07) is 2.18. The first-order valence-corrected chi connectivity index (χ1v) is 5.67. The molecule has 1 fully saturated rings. The van der Waals surface area contributed by atoms with E-state index in [-0.39, 0.29) is 0 Å². The first-order chi connectivity index (χ1) is 6.38. The summed E-state index contributed by atoms with van der Waals surface area (Å²) < 4.78 is 0. The first-order valence-electron chi connectivity index (χ1n) is 4.73. The van der Waals surface area contributed by atoms with Gasteiger partial charge >= 0.3 is 0 Å². The van der Waals surface area contributed by atoms with E-state index in [0.29, 0.717) is 12.5 Å². The molecule has 1 saturated heterocycles. The number of rotatable bonds is 3. The molecule has 0 aliphatic carbocycles. The van der Waals surface area contributed by atoms with Crippen LogP contribution >= 0.6 is 11.3 Å². The van der Waals surface area contributed by atoms with Gasteiger partial charge in [0.05, 0.1) is 0 Å². The Morgan fingerprint density at radius 3 is 3.15 bits per heavy atom. The van der Waals surface area contributed by atoms with Gasteiger partial charge in [0.1, 0.15) is 0 Å². The van der Waals surface area contributed by atoms with Crippen molar-refractivity contribution >= 4 is 11.3 Å². The molecule has 0 saturated carbocycles. The second-order valence-corrected chi connectivity index (χ2v) is 4.48. The molecule has 1 aromatic heterocycles. The van der Waals surface area contributed by atoms with Gasteiger partial charge in [-0.25, -0.2) is 0 Å². The predicted molar refractivity (Wildman–Crippen MR) is 54.8 cm³/mol. The van der Waals surface area contributed by atoms with Crippen LogP contribution in [-0.4, -0.2) is 29.7 Å². The molecule has 13 heavy (non-hydrogen) atoms. The Morgan fingerprint density at radius 1 is 1.62 bits per heavy atom. The molecule has 2 nitrogen and oxygen atoms in total. The second-order valence-electron chi connectivity index (χ2n) is 3.70. The Balaban J connectivity index is 1.84. The van der Waals surface area contributed by atoms with Gasteiger partial charge in [0.15, 0.2) is 0 Å². The first kappa shape index (κ1) is 9.19. The van der Waals surface area contributed by atoms with Crippen LogP contribution in [0.15, 0.2) is 16.8 Å². The molecule has 0 spiro atoms. The molecule has 0 amide bonds. The van der Waals surface area contributed by atoms with Gasteiger partial charge in [0, 0.05) is 19.7 Å². The number of aliphatic hydroxyl groups excluding tert-OH is 1. The van der Waals surface area contributed by atoms with Crippen LogP contribution in [0.2, 0.25) is 0 Å². The Kier molecular flexibility index (Phi) is 2.98. The monoisotopic (exact) mass is 197 g/mol. The molecule has 1 aliphatic rings. The van der Waals surface area contributed by atoms with Gasteiger partial charge in [-0.15, -0.1) is 0 Å². The standard InChI is InChI=1S/C10H15NOS/c12-7-9-1-3-11(5-9)6-10-2-4-13-8-10/h2,4,8-9,12H,1,3,5-7H2/t9-/m1/s1. The molecule has 0 bridgehead atoms. The van der Waals surface area contributed by atoms with Gasteiger partial charge < -0.3 is 5.11 Å². The summed E-state index contributed by atoms with van der Waals surface area (Å²) in [7, 11) is 0. The van der Waals surface area contributed by atoms with Crippen LogP contribution in [0.5, 0.6) is 0 Å². The van der Waals surface area contributed by atoms with E-state index in [1.807, 2.05) is 0 Å². The molecule has 1 aliphatic heterocycles. The van der Waals surface area contributed by atoms with Gasteiger partial charge in [0.25, 0.3) is 0 Å². The highest BCUT2D eigenvalue weighted by Crippen LogP contribution is 2.18. The minimum atomic E-state index is 0.347. The third-order valence-electron chi connectivity index (χ3n) is 2.61. The average molecular weight is 197 g/mol. The number of likely N-dealkylation sites (tertiary alicyclic amines) is 1. The van der Waals surface area contributed by atoms with Crippen molar-refractivity contribution in [1.29, 1.82) is 0 Å². The molecule has 0 radical (unpaired) electrons. The fraction of sp³-hybridized carbons (Fsp3) is 0.600. The fourth-order valence-electron chi connectivity index (χ4n) is 1.85. The lowest BCUT2D eigenvalue weighted by Crippen LogP contribution is -2.20. The highest BCUT2D eigenvalue weighted by Gasteiger charge is 2.21. The largest absolute Gasteiger partial charge is 0.396 e. The molecule has 2 rings (SSSR count). The summed E-state index contributed by atoms with van der Waals surface area (Å²) in [6.07, 6.45) is 1.15. The third kappa shape index (κ3) is 2.30. The van der Waals surface area contributed by atoms with E-state index in [9.17, 15) is 0 Å². The number of hydrogen-bond acceptors (Lipinski definition) is 3. The van der Waals surface area contributed by atoms with Gasteiger partial charge in [-0.05, 0) is 41.3 Å². The molecule has 1 N–H and O–H groups in total. The maximum atomic E-state index is 8.99. The summed E-state index contributed by atoms with van der Waals surface area (Å²) in [6.45, 7) is 3.60. The van der Waals surface area contributed by atoms with Crippen molar-refractivity contribution in [3.63, 3.8) is 0 Å².